The van der Waals surface area contributed by atoms with Crippen LogP contribution in [0.3, 0.4) is 0 Å². The number of Topliss-reactive ketones (excluding diaryl/α,β-unsaturated/α-hetero) is 1. The van der Waals surface area contributed by atoms with Crippen LogP contribution in [0.1, 0.15) is 73.1 Å². The van der Waals surface area contributed by atoms with Crippen LogP contribution in [0, 0.1) is 39.9 Å². The number of carbonyl (C=O) groups is 2. The topological polar surface area (TPSA) is 43.4 Å². The summed E-state index contributed by atoms with van der Waals surface area (Å²) in [6.07, 6.45) is 11.2. The van der Waals surface area contributed by atoms with Gasteiger partial charge in [0.25, 0.3) is 0 Å². The smallest absolute Gasteiger partial charge is 0.302 e. The molecule has 0 radical (unpaired) electrons. The lowest BCUT2D eigenvalue weighted by Gasteiger charge is -2.60. The highest BCUT2D eigenvalue weighted by atomic mass is 16.5. The Labute approximate surface area is 157 Å². The molecule has 4 aliphatic carbocycles. The highest BCUT2D eigenvalue weighted by molar-refractivity contribution is 5.85. The van der Waals surface area contributed by atoms with Gasteiger partial charge in [0.1, 0.15) is 11.9 Å². The van der Waals surface area contributed by atoms with E-state index in [2.05, 4.69) is 39.8 Å². The SMILES string of the molecule is CC(=O)O[C@@H]1CC[C@H]2[C@@H]3C=C[C@H]4C(C)(C)C(=O)CC[C@]4(C)[C@H]3CC[C@]12C. The number of esters is 1. The highest BCUT2D eigenvalue weighted by Gasteiger charge is 2.62. The summed E-state index contributed by atoms with van der Waals surface area (Å²) < 4.78 is 5.73. The van der Waals surface area contributed by atoms with Crippen LogP contribution in [0.4, 0.5) is 0 Å². The van der Waals surface area contributed by atoms with Crippen LogP contribution in [0.25, 0.3) is 0 Å². The maximum atomic E-state index is 12.6. The van der Waals surface area contributed by atoms with Gasteiger partial charge in [0, 0.05) is 24.2 Å². The molecular formula is C23H34O3. The molecular weight excluding hydrogens is 324 g/mol. The minimum Gasteiger partial charge on any atom is -0.462 e. The van der Waals surface area contributed by atoms with Crippen LogP contribution < -0.4 is 0 Å². The second kappa shape index (κ2) is 5.69. The van der Waals surface area contributed by atoms with E-state index in [0.717, 1.165) is 32.1 Å². The molecule has 0 spiro atoms. The first-order chi connectivity index (χ1) is 12.1. The Morgan fingerprint density at radius 1 is 1.00 bits per heavy atom. The summed E-state index contributed by atoms with van der Waals surface area (Å²) in [7, 11) is 0. The Morgan fingerprint density at radius 2 is 1.69 bits per heavy atom. The molecule has 3 nitrogen and oxygen atoms in total. The van der Waals surface area contributed by atoms with Gasteiger partial charge < -0.3 is 4.74 Å². The third-order valence-corrected chi connectivity index (χ3v) is 9.02. The van der Waals surface area contributed by atoms with E-state index in [0.29, 0.717) is 29.5 Å². The standard InChI is InChI=1S/C23H34O3/c1-14(24)26-20-9-7-16-15-6-8-18-21(2,3)19(25)11-13-22(18,4)17(15)10-12-23(16,20)5/h6,8,15-18,20H,7,9-13H2,1-5H3/t15-,16-,17-,18-,20+,22+,23-/m0/s1. The van der Waals surface area contributed by atoms with Crippen molar-refractivity contribution in [2.24, 2.45) is 39.9 Å². The molecule has 0 saturated heterocycles. The number of rotatable bonds is 1. The Balaban J connectivity index is 1.68. The first-order valence-electron chi connectivity index (χ1n) is 10.5. The quantitative estimate of drug-likeness (QED) is 0.492. The Hall–Kier alpha value is -1.12. The Kier molecular flexibility index (Phi) is 3.99. The molecule has 3 heteroatoms. The summed E-state index contributed by atoms with van der Waals surface area (Å²) >= 11 is 0. The number of hydrogen-bond donors (Lipinski definition) is 0. The lowest BCUT2D eigenvalue weighted by molar-refractivity contribution is -0.159. The van der Waals surface area contributed by atoms with Gasteiger partial charge in [-0.2, -0.15) is 0 Å². The van der Waals surface area contributed by atoms with Gasteiger partial charge in [-0.3, -0.25) is 9.59 Å². The van der Waals surface area contributed by atoms with Crippen molar-refractivity contribution in [1.82, 2.24) is 0 Å². The largest absolute Gasteiger partial charge is 0.462 e. The van der Waals surface area contributed by atoms with Gasteiger partial charge in [-0.15, -0.1) is 0 Å². The molecule has 4 rings (SSSR count). The first kappa shape index (κ1) is 18.3. The van der Waals surface area contributed by atoms with Gasteiger partial charge in [0.2, 0.25) is 0 Å². The maximum absolute atomic E-state index is 12.6. The van der Waals surface area contributed by atoms with Crippen LogP contribution in [-0.4, -0.2) is 17.9 Å². The fraction of sp³-hybridized carbons (Fsp3) is 0.826. The summed E-state index contributed by atoms with van der Waals surface area (Å²) in [5.74, 6) is 2.46. The average Bonchev–Trinajstić information content (AvgIpc) is 2.88. The summed E-state index contributed by atoms with van der Waals surface area (Å²) in [5.41, 5.74) is 0.0865. The van der Waals surface area contributed by atoms with Gasteiger partial charge in [0.15, 0.2) is 0 Å². The minimum absolute atomic E-state index is 0.0780. The molecule has 0 aromatic heterocycles. The van der Waals surface area contributed by atoms with Crippen molar-refractivity contribution in [3.63, 3.8) is 0 Å². The fourth-order valence-corrected chi connectivity index (χ4v) is 7.55. The van der Waals surface area contributed by atoms with Crippen molar-refractivity contribution in [2.75, 3.05) is 0 Å². The van der Waals surface area contributed by atoms with Crippen molar-refractivity contribution >= 4 is 11.8 Å². The van der Waals surface area contributed by atoms with Gasteiger partial charge in [0.05, 0.1) is 0 Å². The summed E-state index contributed by atoms with van der Waals surface area (Å²) in [4.78, 5) is 24.1. The molecule has 0 unspecified atom stereocenters. The number of ketones is 1. The molecule has 0 N–H and O–H groups in total. The van der Waals surface area contributed by atoms with Gasteiger partial charge >= 0.3 is 5.97 Å². The van der Waals surface area contributed by atoms with E-state index in [1.165, 1.54) is 13.3 Å². The molecule has 3 fully saturated rings. The molecule has 0 aromatic carbocycles. The van der Waals surface area contributed by atoms with Crippen molar-refractivity contribution in [3.05, 3.63) is 12.2 Å². The first-order valence-corrected chi connectivity index (χ1v) is 10.5. The summed E-state index contributed by atoms with van der Waals surface area (Å²) in [5, 5.41) is 0. The molecule has 26 heavy (non-hydrogen) atoms. The van der Waals surface area contributed by atoms with E-state index in [1.807, 2.05) is 0 Å². The van der Waals surface area contributed by atoms with Crippen molar-refractivity contribution in [3.8, 4) is 0 Å². The molecule has 7 atom stereocenters. The zero-order valence-electron chi connectivity index (χ0n) is 17.0. The normalized spacial score (nSPS) is 49.1. The zero-order valence-corrected chi connectivity index (χ0v) is 17.0. The molecule has 0 heterocycles. The predicted octanol–water partition coefficient (Wildman–Crippen LogP) is 4.94. The van der Waals surface area contributed by atoms with Crippen LogP contribution in [0.15, 0.2) is 12.2 Å². The maximum Gasteiger partial charge on any atom is 0.302 e. The van der Waals surface area contributed by atoms with Crippen molar-refractivity contribution < 1.29 is 14.3 Å². The third-order valence-electron chi connectivity index (χ3n) is 9.02. The summed E-state index contributed by atoms with van der Waals surface area (Å²) in [6.45, 7) is 10.7. The van der Waals surface area contributed by atoms with Gasteiger partial charge in [-0.05, 0) is 61.2 Å². The zero-order chi connectivity index (χ0) is 18.9. The lowest BCUT2D eigenvalue weighted by atomic mass is 9.43. The molecule has 4 aliphatic rings. The summed E-state index contributed by atoms with van der Waals surface area (Å²) in [6, 6.07) is 0. The van der Waals surface area contributed by atoms with E-state index in [1.54, 1.807) is 0 Å². The van der Waals surface area contributed by atoms with Gasteiger partial charge in [-0.1, -0.05) is 39.8 Å². The fourth-order valence-electron chi connectivity index (χ4n) is 7.55. The molecule has 144 valence electrons. The monoisotopic (exact) mass is 358 g/mol. The van der Waals surface area contributed by atoms with Gasteiger partial charge in [-0.25, -0.2) is 0 Å². The van der Waals surface area contributed by atoms with E-state index in [9.17, 15) is 9.59 Å². The highest BCUT2D eigenvalue weighted by Crippen LogP contribution is 2.66. The molecule has 0 bridgehead atoms. The van der Waals surface area contributed by atoms with Crippen LogP contribution >= 0.6 is 0 Å². The van der Waals surface area contributed by atoms with Crippen LogP contribution in [0.5, 0.6) is 0 Å². The number of allylic oxidation sites excluding steroid dienone is 2. The van der Waals surface area contributed by atoms with E-state index < -0.39 is 0 Å². The minimum atomic E-state index is -0.245. The third kappa shape index (κ3) is 2.31. The number of fused-ring (bicyclic) bond motifs is 5. The van der Waals surface area contributed by atoms with Crippen molar-refractivity contribution in [1.29, 1.82) is 0 Å². The molecule has 0 aromatic rings. The molecule has 3 saturated carbocycles. The van der Waals surface area contributed by atoms with Crippen molar-refractivity contribution in [2.45, 2.75) is 79.2 Å². The lowest BCUT2D eigenvalue weighted by Crippen LogP contribution is -2.57. The average molecular weight is 359 g/mol. The number of carbonyl (C=O) groups excluding carboxylic acids is 2. The second-order valence-electron chi connectivity index (χ2n) is 10.5. The van der Waals surface area contributed by atoms with Crippen LogP contribution in [0.2, 0.25) is 0 Å². The predicted molar refractivity (Wildman–Crippen MR) is 101 cm³/mol. The van der Waals surface area contributed by atoms with E-state index in [4.69, 9.17) is 4.74 Å². The Bertz CT molecular complexity index is 662. The Morgan fingerprint density at radius 3 is 2.38 bits per heavy atom. The van der Waals surface area contributed by atoms with E-state index >= 15 is 0 Å². The molecule has 0 aliphatic heterocycles. The second-order valence-corrected chi connectivity index (χ2v) is 10.5. The number of ether oxygens (including phenoxy) is 1. The van der Waals surface area contributed by atoms with E-state index in [-0.39, 0.29) is 28.3 Å². The molecule has 0 amide bonds. The number of hydrogen-bond acceptors (Lipinski definition) is 3. The van der Waals surface area contributed by atoms with Crippen LogP contribution in [-0.2, 0) is 14.3 Å².